The predicted molar refractivity (Wildman–Crippen MR) is 76.9 cm³/mol. The third-order valence-corrected chi connectivity index (χ3v) is 3.64. The fraction of sp³-hybridized carbons (Fsp3) is 0.438. The van der Waals surface area contributed by atoms with E-state index in [9.17, 15) is 9.50 Å². The Balaban J connectivity index is 2.04. The first-order valence-corrected chi connectivity index (χ1v) is 7.11. The van der Waals surface area contributed by atoms with Crippen LogP contribution in [0.15, 0.2) is 36.5 Å². The van der Waals surface area contributed by atoms with Crippen LogP contribution in [-0.4, -0.2) is 14.9 Å². The average molecular weight is 276 g/mol. The van der Waals surface area contributed by atoms with Gasteiger partial charge in [0.25, 0.3) is 0 Å². The molecule has 1 unspecified atom stereocenters. The molecular weight excluding hydrogens is 255 g/mol. The van der Waals surface area contributed by atoms with Gasteiger partial charge in [-0.1, -0.05) is 26.0 Å². The minimum atomic E-state index is -0.652. The van der Waals surface area contributed by atoms with Crippen LogP contribution < -0.4 is 0 Å². The molecule has 3 nitrogen and oxygen atoms in total. The smallest absolute Gasteiger partial charge is 0.123 e. The molecule has 0 radical (unpaired) electrons. The van der Waals surface area contributed by atoms with Crippen LogP contribution in [0.4, 0.5) is 4.39 Å². The molecule has 108 valence electrons. The van der Waals surface area contributed by atoms with Gasteiger partial charge in [-0.3, -0.25) is 4.68 Å². The van der Waals surface area contributed by atoms with Crippen LogP contribution in [-0.2, 0) is 6.42 Å². The standard InChI is InChI=1S/C16H21FN2O/c1-3-15(4-2)19-10-9-14(18-19)11-16(20)12-5-7-13(17)8-6-12/h5-10,15-16,20H,3-4,11H2,1-2H3. The molecule has 0 aliphatic rings. The number of rotatable bonds is 6. The molecule has 2 aromatic rings. The molecular formula is C16H21FN2O. The summed E-state index contributed by atoms with van der Waals surface area (Å²) in [6, 6.07) is 8.29. The van der Waals surface area contributed by atoms with Gasteiger partial charge in [-0.15, -0.1) is 0 Å². The van der Waals surface area contributed by atoms with E-state index in [2.05, 4.69) is 18.9 Å². The third kappa shape index (κ3) is 3.45. The van der Waals surface area contributed by atoms with Crippen LogP contribution in [0.2, 0.25) is 0 Å². The fourth-order valence-electron chi connectivity index (χ4n) is 2.35. The van der Waals surface area contributed by atoms with Gasteiger partial charge in [0.05, 0.1) is 17.8 Å². The van der Waals surface area contributed by atoms with E-state index in [4.69, 9.17) is 0 Å². The van der Waals surface area contributed by atoms with Crippen LogP contribution >= 0.6 is 0 Å². The second-order valence-corrected chi connectivity index (χ2v) is 5.03. The molecule has 0 saturated carbocycles. The van der Waals surface area contributed by atoms with Crippen molar-refractivity contribution in [2.75, 3.05) is 0 Å². The molecule has 0 saturated heterocycles. The Bertz CT molecular complexity index is 532. The first-order chi connectivity index (χ1) is 9.63. The maximum absolute atomic E-state index is 12.8. The summed E-state index contributed by atoms with van der Waals surface area (Å²) in [5, 5.41) is 14.7. The molecule has 0 aliphatic carbocycles. The summed E-state index contributed by atoms with van der Waals surface area (Å²) in [7, 11) is 0. The van der Waals surface area contributed by atoms with Gasteiger partial charge in [0.2, 0.25) is 0 Å². The summed E-state index contributed by atoms with van der Waals surface area (Å²) in [6.45, 7) is 4.28. The van der Waals surface area contributed by atoms with Gasteiger partial charge >= 0.3 is 0 Å². The van der Waals surface area contributed by atoms with Gasteiger partial charge in [0, 0.05) is 12.6 Å². The van der Waals surface area contributed by atoms with Crippen molar-refractivity contribution < 1.29 is 9.50 Å². The Labute approximate surface area is 119 Å². The van der Waals surface area contributed by atoms with Crippen molar-refractivity contribution in [2.45, 2.75) is 45.3 Å². The highest BCUT2D eigenvalue weighted by Gasteiger charge is 2.13. The minimum Gasteiger partial charge on any atom is -0.388 e. The second-order valence-electron chi connectivity index (χ2n) is 5.03. The molecule has 0 bridgehead atoms. The Hall–Kier alpha value is -1.68. The van der Waals surface area contributed by atoms with Gasteiger partial charge in [0.15, 0.2) is 0 Å². The van der Waals surface area contributed by atoms with Crippen LogP contribution in [0, 0.1) is 5.82 Å². The molecule has 0 aliphatic heterocycles. The third-order valence-electron chi connectivity index (χ3n) is 3.64. The first kappa shape index (κ1) is 14.7. The zero-order valence-electron chi connectivity index (χ0n) is 12.0. The Morgan fingerprint density at radius 3 is 2.40 bits per heavy atom. The molecule has 1 N–H and O–H groups in total. The van der Waals surface area contributed by atoms with Gasteiger partial charge < -0.3 is 5.11 Å². The molecule has 0 amide bonds. The van der Waals surface area contributed by atoms with Gasteiger partial charge in [-0.2, -0.15) is 5.10 Å². The average Bonchev–Trinajstić information content (AvgIpc) is 2.89. The maximum Gasteiger partial charge on any atom is 0.123 e. The summed E-state index contributed by atoms with van der Waals surface area (Å²) in [6.07, 6.45) is 3.83. The monoisotopic (exact) mass is 276 g/mol. The van der Waals surface area contributed by atoms with E-state index in [1.165, 1.54) is 12.1 Å². The zero-order chi connectivity index (χ0) is 14.5. The van der Waals surface area contributed by atoms with Gasteiger partial charge in [0.1, 0.15) is 5.82 Å². The van der Waals surface area contributed by atoms with E-state index in [0.29, 0.717) is 18.0 Å². The van der Waals surface area contributed by atoms with Crippen LogP contribution in [0.3, 0.4) is 0 Å². The van der Waals surface area contributed by atoms with Crippen LogP contribution in [0.25, 0.3) is 0 Å². The van der Waals surface area contributed by atoms with Crippen molar-refractivity contribution in [3.63, 3.8) is 0 Å². The summed E-state index contributed by atoms with van der Waals surface area (Å²) in [5.41, 5.74) is 1.57. The minimum absolute atomic E-state index is 0.293. The molecule has 0 spiro atoms. The van der Waals surface area contributed by atoms with Crippen molar-refractivity contribution in [2.24, 2.45) is 0 Å². The number of hydrogen-bond donors (Lipinski definition) is 1. The summed E-state index contributed by atoms with van der Waals surface area (Å²) in [5.74, 6) is -0.293. The highest BCUT2D eigenvalue weighted by Crippen LogP contribution is 2.20. The number of aliphatic hydroxyl groups excluding tert-OH is 1. The molecule has 2 rings (SSSR count). The quantitative estimate of drug-likeness (QED) is 0.874. The molecule has 1 heterocycles. The second kappa shape index (κ2) is 6.66. The Morgan fingerprint density at radius 2 is 1.80 bits per heavy atom. The van der Waals surface area contributed by atoms with E-state index >= 15 is 0 Å². The number of hydrogen-bond acceptors (Lipinski definition) is 2. The lowest BCUT2D eigenvalue weighted by Gasteiger charge is -2.13. The SMILES string of the molecule is CCC(CC)n1ccc(CC(O)c2ccc(F)cc2)n1. The summed E-state index contributed by atoms with van der Waals surface area (Å²) >= 11 is 0. The summed E-state index contributed by atoms with van der Waals surface area (Å²) in [4.78, 5) is 0. The van der Waals surface area contributed by atoms with Crippen LogP contribution in [0.5, 0.6) is 0 Å². The predicted octanol–water partition coefficient (Wildman–Crippen LogP) is 3.66. The lowest BCUT2D eigenvalue weighted by molar-refractivity contribution is 0.176. The van der Waals surface area contributed by atoms with Crippen LogP contribution in [0.1, 0.15) is 50.1 Å². The zero-order valence-corrected chi connectivity index (χ0v) is 12.0. The number of nitrogens with zero attached hydrogens (tertiary/aromatic N) is 2. The van der Waals surface area contributed by atoms with Crippen molar-refractivity contribution in [1.82, 2.24) is 9.78 Å². The van der Waals surface area contributed by atoms with Crippen molar-refractivity contribution in [3.8, 4) is 0 Å². The highest BCUT2D eigenvalue weighted by molar-refractivity contribution is 5.20. The largest absolute Gasteiger partial charge is 0.388 e. The number of halogens is 1. The molecule has 1 atom stereocenters. The fourth-order valence-corrected chi connectivity index (χ4v) is 2.35. The molecule has 0 fully saturated rings. The van der Waals surface area contributed by atoms with E-state index in [-0.39, 0.29) is 5.82 Å². The lowest BCUT2D eigenvalue weighted by atomic mass is 10.1. The van der Waals surface area contributed by atoms with E-state index in [1.807, 2.05) is 16.9 Å². The van der Waals surface area contributed by atoms with E-state index < -0.39 is 6.10 Å². The highest BCUT2D eigenvalue weighted by atomic mass is 19.1. The van der Waals surface area contributed by atoms with Crippen molar-refractivity contribution >= 4 is 0 Å². The maximum atomic E-state index is 12.8. The van der Waals surface area contributed by atoms with Gasteiger partial charge in [-0.25, -0.2) is 4.39 Å². The summed E-state index contributed by atoms with van der Waals surface area (Å²) < 4.78 is 14.8. The topological polar surface area (TPSA) is 38.0 Å². The lowest BCUT2D eigenvalue weighted by Crippen LogP contribution is -2.09. The molecule has 4 heteroatoms. The molecule has 1 aromatic heterocycles. The van der Waals surface area contributed by atoms with E-state index in [0.717, 1.165) is 18.5 Å². The Morgan fingerprint density at radius 1 is 1.15 bits per heavy atom. The van der Waals surface area contributed by atoms with Crippen molar-refractivity contribution in [1.29, 1.82) is 0 Å². The number of aliphatic hydroxyl groups is 1. The first-order valence-electron chi connectivity index (χ1n) is 7.11. The number of aromatic nitrogens is 2. The molecule has 1 aromatic carbocycles. The molecule has 20 heavy (non-hydrogen) atoms. The van der Waals surface area contributed by atoms with Crippen molar-refractivity contribution in [3.05, 3.63) is 53.6 Å². The Kier molecular flexibility index (Phi) is 4.90. The van der Waals surface area contributed by atoms with E-state index in [1.54, 1.807) is 12.1 Å². The normalized spacial score (nSPS) is 12.8. The number of benzene rings is 1. The van der Waals surface area contributed by atoms with Gasteiger partial charge in [-0.05, 0) is 36.6 Å².